The van der Waals surface area contributed by atoms with E-state index in [2.05, 4.69) is 31.6 Å². The van der Waals surface area contributed by atoms with Gasteiger partial charge in [0.25, 0.3) is 0 Å². The highest BCUT2D eigenvalue weighted by Gasteiger charge is 2.13. The number of rotatable bonds is 5. The summed E-state index contributed by atoms with van der Waals surface area (Å²) in [4.78, 5) is 0. The number of aryl methyl sites for hydroxylation is 2. The highest BCUT2D eigenvalue weighted by Crippen LogP contribution is 2.20. The van der Waals surface area contributed by atoms with E-state index in [9.17, 15) is 0 Å². The predicted octanol–water partition coefficient (Wildman–Crippen LogP) is 2.57. The molecule has 1 aromatic heterocycles. The summed E-state index contributed by atoms with van der Waals surface area (Å²) in [6.45, 7) is 11.0. The smallest absolute Gasteiger partial charge is 0.0597 e. The number of hydrogen-bond acceptors (Lipinski definition) is 2. The Morgan fingerprint density at radius 1 is 1.60 bits per heavy atom. The van der Waals surface area contributed by atoms with Crippen LogP contribution in [0, 0.1) is 6.92 Å². The zero-order valence-corrected chi connectivity index (χ0v) is 9.95. The molecule has 3 heteroatoms. The van der Waals surface area contributed by atoms with Crippen LogP contribution in [-0.2, 0) is 6.54 Å². The van der Waals surface area contributed by atoms with Crippen LogP contribution >= 0.6 is 0 Å². The first-order chi connectivity index (χ1) is 7.08. The summed E-state index contributed by atoms with van der Waals surface area (Å²) in [7, 11) is 0. The van der Waals surface area contributed by atoms with Crippen molar-refractivity contribution < 1.29 is 0 Å². The number of aromatic nitrogens is 2. The van der Waals surface area contributed by atoms with Gasteiger partial charge in [-0.05, 0) is 32.8 Å². The van der Waals surface area contributed by atoms with E-state index in [-0.39, 0.29) is 6.04 Å². The molecule has 0 radical (unpaired) electrons. The highest BCUT2D eigenvalue weighted by atomic mass is 15.3. The molecular formula is C12H21N3. The molecule has 0 aliphatic carbocycles. The van der Waals surface area contributed by atoms with Gasteiger partial charge >= 0.3 is 0 Å². The van der Waals surface area contributed by atoms with Gasteiger partial charge in [0.05, 0.1) is 17.4 Å². The van der Waals surface area contributed by atoms with E-state index in [4.69, 9.17) is 5.73 Å². The lowest BCUT2D eigenvalue weighted by Gasteiger charge is -2.13. The first-order valence-electron chi connectivity index (χ1n) is 5.55. The summed E-state index contributed by atoms with van der Waals surface area (Å²) >= 11 is 0. The summed E-state index contributed by atoms with van der Waals surface area (Å²) in [6.07, 6.45) is 1.84. The zero-order valence-electron chi connectivity index (χ0n) is 9.95. The molecule has 0 aromatic carbocycles. The Hall–Kier alpha value is -1.09. The van der Waals surface area contributed by atoms with Crippen molar-refractivity contribution in [2.75, 3.05) is 0 Å². The van der Waals surface area contributed by atoms with Crippen LogP contribution in [0.5, 0.6) is 0 Å². The molecule has 2 N–H and O–H groups in total. The molecule has 0 aliphatic heterocycles. The summed E-state index contributed by atoms with van der Waals surface area (Å²) in [5.41, 5.74) is 9.48. The van der Waals surface area contributed by atoms with Gasteiger partial charge in [0.1, 0.15) is 0 Å². The minimum atomic E-state index is 0.0265. The molecule has 1 heterocycles. The summed E-state index contributed by atoms with van der Waals surface area (Å²) in [6, 6.07) is 2.09. The molecule has 84 valence electrons. The maximum absolute atomic E-state index is 6.14. The lowest BCUT2D eigenvalue weighted by atomic mass is 10.0. The molecular weight excluding hydrogens is 186 g/mol. The molecule has 1 aromatic rings. The Kier molecular flexibility index (Phi) is 4.09. The fourth-order valence-electron chi connectivity index (χ4n) is 1.68. The van der Waals surface area contributed by atoms with Crippen molar-refractivity contribution in [3.63, 3.8) is 0 Å². The van der Waals surface area contributed by atoms with Gasteiger partial charge in [-0.3, -0.25) is 4.68 Å². The molecule has 0 fully saturated rings. The van der Waals surface area contributed by atoms with Crippen molar-refractivity contribution in [1.29, 1.82) is 0 Å². The minimum absolute atomic E-state index is 0.0265. The third-order valence-corrected chi connectivity index (χ3v) is 2.62. The van der Waals surface area contributed by atoms with Crippen LogP contribution in [0.3, 0.4) is 0 Å². The monoisotopic (exact) mass is 207 g/mol. The van der Waals surface area contributed by atoms with Crippen LogP contribution in [0.1, 0.15) is 44.1 Å². The van der Waals surface area contributed by atoms with E-state index in [0.29, 0.717) is 0 Å². The summed E-state index contributed by atoms with van der Waals surface area (Å²) in [5, 5.41) is 4.39. The average molecular weight is 207 g/mol. The van der Waals surface area contributed by atoms with E-state index in [0.717, 1.165) is 30.8 Å². The molecule has 1 atom stereocenters. The predicted molar refractivity (Wildman–Crippen MR) is 63.6 cm³/mol. The van der Waals surface area contributed by atoms with Crippen molar-refractivity contribution in [3.8, 4) is 0 Å². The molecule has 1 unspecified atom stereocenters. The summed E-state index contributed by atoms with van der Waals surface area (Å²) < 4.78 is 1.98. The van der Waals surface area contributed by atoms with Gasteiger partial charge in [-0.2, -0.15) is 5.10 Å². The van der Waals surface area contributed by atoms with Crippen LogP contribution in [0.2, 0.25) is 0 Å². The molecule has 0 bridgehead atoms. The zero-order chi connectivity index (χ0) is 11.4. The van der Waals surface area contributed by atoms with E-state index in [1.807, 2.05) is 11.6 Å². The second-order valence-electron chi connectivity index (χ2n) is 3.94. The Morgan fingerprint density at radius 3 is 2.80 bits per heavy atom. The number of nitrogens with two attached hydrogens (primary N) is 1. The maximum atomic E-state index is 6.14. The SMILES string of the molecule is C=C(CC)CC(N)c1cc(C)nn1CC. The van der Waals surface area contributed by atoms with Gasteiger partial charge in [0.15, 0.2) is 0 Å². The average Bonchev–Trinajstić information content (AvgIpc) is 2.59. The fraction of sp³-hybridized carbons (Fsp3) is 0.583. The van der Waals surface area contributed by atoms with E-state index in [1.165, 1.54) is 5.57 Å². The molecule has 1 rings (SSSR count). The van der Waals surface area contributed by atoms with Crippen LogP contribution in [0.15, 0.2) is 18.2 Å². The van der Waals surface area contributed by atoms with Crippen LogP contribution in [0.4, 0.5) is 0 Å². The highest BCUT2D eigenvalue weighted by molar-refractivity contribution is 5.15. The fourth-order valence-corrected chi connectivity index (χ4v) is 1.68. The Bertz CT molecular complexity index is 339. The van der Waals surface area contributed by atoms with Gasteiger partial charge in [0, 0.05) is 6.54 Å². The van der Waals surface area contributed by atoms with Gasteiger partial charge in [-0.25, -0.2) is 0 Å². The second kappa shape index (κ2) is 5.12. The Balaban J connectivity index is 2.80. The lowest BCUT2D eigenvalue weighted by Crippen LogP contribution is -2.16. The van der Waals surface area contributed by atoms with E-state index in [1.54, 1.807) is 0 Å². The Morgan fingerprint density at radius 2 is 2.27 bits per heavy atom. The standard InChI is InChI=1S/C12H21N3/c1-5-9(3)7-11(13)12-8-10(4)14-15(12)6-2/h8,11H,3,5-7,13H2,1-2,4H3. The van der Waals surface area contributed by atoms with Crippen LogP contribution < -0.4 is 5.73 Å². The normalized spacial score (nSPS) is 12.8. The van der Waals surface area contributed by atoms with Crippen LogP contribution in [0.25, 0.3) is 0 Å². The van der Waals surface area contributed by atoms with Crippen molar-refractivity contribution in [2.45, 2.75) is 46.2 Å². The molecule has 15 heavy (non-hydrogen) atoms. The molecule has 0 aliphatic rings. The van der Waals surface area contributed by atoms with Gasteiger partial charge in [-0.1, -0.05) is 19.1 Å². The topological polar surface area (TPSA) is 43.8 Å². The van der Waals surface area contributed by atoms with Gasteiger partial charge < -0.3 is 5.73 Å². The third-order valence-electron chi connectivity index (χ3n) is 2.62. The number of nitrogens with zero attached hydrogens (tertiary/aromatic N) is 2. The molecule has 0 saturated heterocycles. The lowest BCUT2D eigenvalue weighted by molar-refractivity contribution is 0.562. The molecule has 0 amide bonds. The molecule has 0 spiro atoms. The van der Waals surface area contributed by atoms with Crippen molar-refractivity contribution in [3.05, 3.63) is 29.6 Å². The van der Waals surface area contributed by atoms with Crippen molar-refractivity contribution >= 4 is 0 Å². The van der Waals surface area contributed by atoms with E-state index < -0.39 is 0 Å². The maximum Gasteiger partial charge on any atom is 0.0597 e. The van der Waals surface area contributed by atoms with Gasteiger partial charge in [-0.15, -0.1) is 0 Å². The minimum Gasteiger partial charge on any atom is -0.322 e. The van der Waals surface area contributed by atoms with Gasteiger partial charge in [0.2, 0.25) is 0 Å². The number of hydrogen-bond donors (Lipinski definition) is 1. The Labute approximate surface area is 92.0 Å². The van der Waals surface area contributed by atoms with Crippen molar-refractivity contribution in [1.82, 2.24) is 9.78 Å². The van der Waals surface area contributed by atoms with Crippen LogP contribution in [-0.4, -0.2) is 9.78 Å². The quantitative estimate of drug-likeness (QED) is 0.754. The van der Waals surface area contributed by atoms with E-state index >= 15 is 0 Å². The second-order valence-corrected chi connectivity index (χ2v) is 3.94. The summed E-state index contributed by atoms with van der Waals surface area (Å²) in [5.74, 6) is 0. The molecule has 3 nitrogen and oxygen atoms in total. The first-order valence-corrected chi connectivity index (χ1v) is 5.55. The molecule has 0 saturated carbocycles. The first kappa shape index (κ1) is 12.0. The van der Waals surface area contributed by atoms with Crippen molar-refractivity contribution in [2.24, 2.45) is 5.73 Å². The third kappa shape index (κ3) is 2.93. The largest absolute Gasteiger partial charge is 0.322 e.